The number of nitrogens with two attached hydrogens (primary N) is 1. The minimum absolute atomic E-state index is 0.0865. The molecule has 14 heavy (non-hydrogen) atoms. The number of halogens is 2. The Morgan fingerprint density at radius 3 is 2.71 bits per heavy atom. The molecule has 0 unspecified atom stereocenters. The molecule has 1 rings (SSSR count). The molecule has 0 radical (unpaired) electrons. The number of hydrogen-bond donors (Lipinski definition) is 1. The standard InChI is InChI=1S/C10H13F2NO/c11-4-6-14-10-2-1-8(3-5-13)7-9(10)12/h1-2,7H,3-6,13H2. The molecule has 0 aliphatic rings. The lowest BCUT2D eigenvalue weighted by Crippen LogP contribution is -2.04. The zero-order valence-corrected chi connectivity index (χ0v) is 7.80. The molecule has 0 aliphatic carbocycles. The van der Waals surface area contributed by atoms with Crippen LogP contribution in [-0.2, 0) is 6.42 Å². The van der Waals surface area contributed by atoms with E-state index in [1.807, 2.05) is 0 Å². The van der Waals surface area contributed by atoms with Crippen molar-refractivity contribution in [3.05, 3.63) is 29.6 Å². The van der Waals surface area contributed by atoms with Crippen LogP contribution in [0.2, 0.25) is 0 Å². The molecule has 0 bridgehead atoms. The molecule has 0 aromatic heterocycles. The van der Waals surface area contributed by atoms with Crippen LogP contribution in [-0.4, -0.2) is 19.8 Å². The first-order valence-corrected chi connectivity index (χ1v) is 4.45. The molecule has 0 fully saturated rings. The molecule has 0 heterocycles. The van der Waals surface area contributed by atoms with Crippen molar-refractivity contribution in [2.45, 2.75) is 6.42 Å². The Labute approximate surface area is 81.7 Å². The summed E-state index contributed by atoms with van der Waals surface area (Å²) in [5, 5.41) is 0. The lowest BCUT2D eigenvalue weighted by Gasteiger charge is -2.06. The van der Waals surface area contributed by atoms with Crippen LogP contribution in [0, 0.1) is 5.82 Å². The van der Waals surface area contributed by atoms with Gasteiger partial charge >= 0.3 is 0 Å². The Kier molecular flexibility index (Phi) is 4.32. The number of benzene rings is 1. The Morgan fingerprint density at radius 2 is 2.14 bits per heavy atom. The molecule has 0 saturated heterocycles. The van der Waals surface area contributed by atoms with Crippen LogP contribution >= 0.6 is 0 Å². The average Bonchev–Trinajstić information content (AvgIpc) is 2.17. The largest absolute Gasteiger partial charge is 0.488 e. The van der Waals surface area contributed by atoms with Crippen molar-refractivity contribution in [2.75, 3.05) is 19.8 Å². The highest BCUT2D eigenvalue weighted by Crippen LogP contribution is 2.18. The predicted molar refractivity (Wildman–Crippen MR) is 50.6 cm³/mol. The van der Waals surface area contributed by atoms with Crippen LogP contribution in [0.1, 0.15) is 5.56 Å². The van der Waals surface area contributed by atoms with Gasteiger partial charge in [0, 0.05) is 0 Å². The van der Waals surface area contributed by atoms with Gasteiger partial charge in [0.15, 0.2) is 11.6 Å². The van der Waals surface area contributed by atoms with Crippen molar-refractivity contribution in [1.29, 1.82) is 0 Å². The van der Waals surface area contributed by atoms with Crippen molar-refractivity contribution >= 4 is 0 Å². The molecule has 78 valence electrons. The molecule has 4 heteroatoms. The molecule has 2 nitrogen and oxygen atoms in total. The second-order valence-corrected chi connectivity index (χ2v) is 2.84. The predicted octanol–water partition coefficient (Wildman–Crippen LogP) is 1.68. The molecule has 0 aliphatic heterocycles. The summed E-state index contributed by atoms with van der Waals surface area (Å²) in [6.07, 6.45) is 0.625. The third-order valence-electron chi connectivity index (χ3n) is 1.76. The fraction of sp³-hybridized carbons (Fsp3) is 0.400. The fourth-order valence-corrected chi connectivity index (χ4v) is 1.13. The van der Waals surface area contributed by atoms with Gasteiger partial charge in [0.1, 0.15) is 13.3 Å². The van der Waals surface area contributed by atoms with E-state index in [0.29, 0.717) is 13.0 Å². The van der Waals surface area contributed by atoms with E-state index in [1.54, 1.807) is 6.07 Å². The molecule has 1 aromatic carbocycles. The van der Waals surface area contributed by atoms with Crippen molar-refractivity contribution in [2.24, 2.45) is 5.73 Å². The smallest absolute Gasteiger partial charge is 0.165 e. The van der Waals surface area contributed by atoms with Gasteiger partial charge in [0.25, 0.3) is 0 Å². The number of hydrogen-bond acceptors (Lipinski definition) is 2. The van der Waals surface area contributed by atoms with E-state index in [-0.39, 0.29) is 12.4 Å². The van der Waals surface area contributed by atoms with Gasteiger partial charge in [-0.2, -0.15) is 0 Å². The Morgan fingerprint density at radius 1 is 1.36 bits per heavy atom. The summed E-state index contributed by atoms with van der Waals surface area (Å²) in [5.41, 5.74) is 6.14. The summed E-state index contributed by atoms with van der Waals surface area (Å²) in [4.78, 5) is 0. The average molecular weight is 201 g/mol. The Bertz CT molecular complexity index is 291. The summed E-state index contributed by atoms with van der Waals surface area (Å²) in [5.74, 6) is -0.382. The van der Waals surface area contributed by atoms with Crippen LogP contribution in [0.15, 0.2) is 18.2 Å². The number of rotatable bonds is 5. The first-order valence-electron chi connectivity index (χ1n) is 4.45. The van der Waals surface area contributed by atoms with Crippen molar-refractivity contribution in [1.82, 2.24) is 0 Å². The lowest BCUT2D eigenvalue weighted by molar-refractivity contribution is 0.262. The Balaban J connectivity index is 2.68. The summed E-state index contributed by atoms with van der Waals surface area (Å²) < 4.78 is 29.8. The summed E-state index contributed by atoms with van der Waals surface area (Å²) in [6.45, 7) is -0.263. The van der Waals surface area contributed by atoms with Crippen LogP contribution in [0.3, 0.4) is 0 Å². The highest BCUT2D eigenvalue weighted by Gasteiger charge is 2.03. The second kappa shape index (κ2) is 5.54. The van der Waals surface area contributed by atoms with E-state index in [2.05, 4.69) is 0 Å². The third-order valence-corrected chi connectivity index (χ3v) is 1.76. The van der Waals surface area contributed by atoms with Gasteiger partial charge in [-0.3, -0.25) is 0 Å². The third kappa shape index (κ3) is 2.96. The minimum Gasteiger partial charge on any atom is -0.488 e. The monoisotopic (exact) mass is 201 g/mol. The molecular formula is C10H13F2NO. The second-order valence-electron chi connectivity index (χ2n) is 2.84. The topological polar surface area (TPSA) is 35.2 Å². The van der Waals surface area contributed by atoms with E-state index >= 15 is 0 Å². The highest BCUT2D eigenvalue weighted by molar-refractivity contribution is 5.29. The van der Waals surface area contributed by atoms with Gasteiger partial charge < -0.3 is 10.5 Å². The molecule has 0 saturated carbocycles. The summed E-state index contributed by atoms with van der Waals surface area (Å²) in [7, 11) is 0. The molecule has 0 spiro atoms. The van der Waals surface area contributed by atoms with Gasteiger partial charge in [-0.15, -0.1) is 0 Å². The van der Waals surface area contributed by atoms with Gasteiger partial charge in [0.05, 0.1) is 0 Å². The van der Waals surface area contributed by atoms with Crippen molar-refractivity contribution < 1.29 is 13.5 Å². The van der Waals surface area contributed by atoms with Crippen LogP contribution in [0.4, 0.5) is 8.78 Å². The number of ether oxygens (including phenoxy) is 1. The van der Waals surface area contributed by atoms with Crippen LogP contribution < -0.4 is 10.5 Å². The van der Waals surface area contributed by atoms with Gasteiger partial charge in [0.2, 0.25) is 0 Å². The SMILES string of the molecule is NCCc1ccc(OCCF)c(F)c1. The van der Waals surface area contributed by atoms with Gasteiger partial charge in [-0.1, -0.05) is 6.07 Å². The normalized spacial score (nSPS) is 10.2. The highest BCUT2D eigenvalue weighted by atomic mass is 19.1. The van der Waals surface area contributed by atoms with Crippen molar-refractivity contribution in [3.8, 4) is 5.75 Å². The zero-order chi connectivity index (χ0) is 10.4. The molecular weight excluding hydrogens is 188 g/mol. The number of alkyl halides is 1. The quantitative estimate of drug-likeness (QED) is 0.786. The van der Waals surface area contributed by atoms with E-state index in [0.717, 1.165) is 5.56 Å². The van der Waals surface area contributed by atoms with E-state index in [9.17, 15) is 8.78 Å². The zero-order valence-electron chi connectivity index (χ0n) is 7.80. The van der Waals surface area contributed by atoms with Gasteiger partial charge in [-0.05, 0) is 30.7 Å². The first-order chi connectivity index (χ1) is 6.77. The molecule has 1 aromatic rings. The van der Waals surface area contributed by atoms with Crippen LogP contribution in [0.5, 0.6) is 5.75 Å². The lowest BCUT2D eigenvalue weighted by atomic mass is 10.1. The van der Waals surface area contributed by atoms with E-state index in [4.69, 9.17) is 10.5 Å². The maximum absolute atomic E-state index is 13.2. The Hall–Kier alpha value is -1.16. The van der Waals surface area contributed by atoms with E-state index in [1.165, 1.54) is 12.1 Å². The maximum atomic E-state index is 13.2. The van der Waals surface area contributed by atoms with E-state index < -0.39 is 12.5 Å². The fourth-order valence-electron chi connectivity index (χ4n) is 1.13. The maximum Gasteiger partial charge on any atom is 0.165 e. The summed E-state index contributed by atoms with van der Waals surface area (Å²) in [6, 6.07) is 4.58. The first kappa shape index (κ1) is 10.9. The van der Waals surface area contributed by atoms with Crippen LogP contribution in [0.25, 0.3) is 0 Å². The molecule has 0 atom stereocenters. The minimum atomic E-state index is -0.621. The van der Waals surface area contributed by atoms with Gasteiger partial charge in [-0.25, -0.2) is 8.78 Å². The molecule has 0 amide bonds. The molecule has 2 N–H and O–H groups in total. The summed E-state index contributed by atoms with van der Waals surface area (Å²) >= 11 is 0. The van der Waals surface area contributed by atoms with Crippen molar-refractivity contribution in [3.63, 3.8) is 0 Å².